The highest BCUT2D eigenvalue weighted by Gasteiger charge is 2.22. The molecule has 0 amide bonds. The van der Waals surface area contributed by atoms with E-state index in [2.05, 4.69) is 24.5 Å². The third kappa shape index (κ3) is 4.59. The minimum absolute atomic E-state index is 0.681. The van der Waals surface area contributed by atoms with E-state index in [0.717, 1.165) is 18.0 Å². The molecule has 17 heavy (non-hydrogen) atoms. The molecule has 4 unspecified atom stereocenters. The molecule has 1 saturated heterocycles. The summed E-state index contributed by atoms with van der Waals surface area (Å²) in [7, 11) is 0. The standard InChI is InChI=1S/C15H30N2/c1-12-6-5-8-15(10-12)17-13(2)11-14-7-3-4-9-16-14/h12-17H,3-11H2,1-2H3. The highest BCUT2D eigenvalue weighted by atomic mass is 15.0. The first-order chi connectivity index (χ1) is 8.24. The molecule has 100 valence electrons. The minimum atomic E-state index is 0.681. The number of piperidine rings is 1. The molecule has 0 bridgehead atoms. The molecule has 2 rings (SSSR count). The minimum Gasteiger partial charge on any atom is -0.314 e. The highest BCUT2D eigenvalue weighted by Crippen LogP contribution is 2.24. The maximum absolute atomic E-state index is 3.86. The average molecular weight is 238 g/mol. The molecule has 1 aliphatic heterocycles. The Labute approximate surface area is 107 Å². The van der Waals surface area contributed by atoms with Crippen molar-refractivity contribution < 1.29 is 0 Å². The highest BCUT2D eigenvalue weighted by molar-refractivity contribution is 4.82. The van der Waals surface area contributed by atoms with Gasteiger partial charge in [-0.1, -0.05) is 26.2 Å². The van der Waals surface area contributed by atoms with Crippen LogP contribution in [-0.4, -0.2) is 24.7 Å². The van der Waals surface area contributed by atoms with Gasteiger partial charge in [0.15, 0.2) is 0 Å². The zero-order valence-electron chi connectivity index (χ0n) is 11.7. The number of nitrogens with one attached hydrogen (secondary N) is 2. The molecule has 2 N–H and O–H groups in total. The molecule has 2 aliphatic rings. The Balaban J connectivity index is 1.66. The monoisotopic (exact) mass is 238 g/mol. The van der Waals surface area contributed by atoms with Gasteiger partial charge in [0.2, 0.25) is 0 Å². The predicted octanol–water partition coefficient (Wildman–Crippen LogP) is 3.08. The molecule has 0 aromatic rings. The molecule has 0 aromatic heterocycles. The molecule has 2 fully saturated rings. The van der Waals surface area contributed by atoms with Gasteiger partial charge in [0, 0.05) is 18.1 Å². The van der Waals surface area contributed by atoms with Gasteiger partial charge in [0.05, 0.1) is 0 Å². The van der Waals surface area contributed by atoms with Crippen LogP contribution in [0, 0.1) is 5.92 Å². The van der Waals surface area contributed by atoms with Gasteiger partial charge in [0.1, 0.15) is 0 Å². The predicted molar refractivity (Wildman–Crippen MR) is 74.3 cm³/mol. The molecule has 1 saturated carbocycles. The van der Waals surface area contributed by atoms with E-state index in [1.54, 1.807) is 0 Å². The molecule has 4 atom stereocenters. The van der Waals surface area contributed by atoms with Gasteiger partial charge in [-0.3, -0.25) is 0 Å². The van der Waals surface area contributed by atoms with Gasteiger partial charge < -0.3 is 10.6 Å². The zero-order valence-corrected chi connectivity index (χ0v) is 11.7. The van der Waals surface area contributed by atoms with Crippen LogP contribution in [0.15, 0.2) is 0 Å². The summed E-state index contributed by atoms with van der Waals surface area (Å²) >= 11 is 0. The van der Waals surface area contributed by atoms with Gasteiger partial charge in [0.25, 0.3) is 0 Å². The van der Waals surface area contributed by atoms with E-state index in [1.807, 2.05) is 0 Å². The third-order valence-electron chi connectivity index (χ3n) is 4.51. The van der Waals surface area contributed by atoms with Crippen LogP contribution in [0.25, 0.3) is 0 Å². The van der Waals surface area contributed by atoms with E-state index >= 15 is 0 Å². The summed E-state index contributed by atoms with van der Waals surface area (Å²) in [5.74, 6) is 0.932. The van der Waals surface area contributed by atoms with E-state index in [0.29, 0.717) is 6.04 Å². The van der Waals surface area contributed by atoms with Crippen molar-refractivity contribution in [3.63, 3.8) is 0 Å². The second-order valence-electron chi connectivity index (χ2n) is 6.42. The van der Waals surface area contributed by atoms with E-state index in [-0.39, 0.29) is 0 Å². The zero-order chi connectivity index (χ0) is 12.1. The second-order valence-corrected chi connectivity index (χ2v) is 6.42. The van der Waals surface area contributed by atoms with E-state index < -0.39 is 0 Å². The molecule has 1 aliphatic carbocycles. The number of hydrogen-bond acceptors (Lipinski definition) is 2. The summed E-state index contributed by atoms with van der Waals surface area (Å²) < 4.78 is 0. The van der Waals surface area contributed by atoms with E-state index in [4.69, 9.17) is 0 Å². The molecular formula is C15H30N2. The fourth-order valence-electron chi connectivity index (χ4n) is 3.61. The summed E-state index contributed by atoms with van der Waals surface area (Å²) in [4.78, 5) is 0. The molecule has 1 heterocycles. The summed E-state index contributed by atoms with van der Waals surface area (Å²) in [5.41, 5.74) is 0. The Morgan fingerprint density at radius 3 is 2.76 bits per heavy atom. The van der Waals surface area contributed by atoms with Crippen LogP contribution >= 0.6 is 0 Å². The largest absolute Gasteiger partial charge is 0.314 e. The summed E-state index contributed by atoms with van der Waals surface area (Å²) in [5, 5.41) is 7.51. The first kappa shape index (κ1) is 13.4. The topological polar surface area (TPSA) is 24.1 Å². The van der Waals surface area contributed by atoms with Gasteiger partial charge in [-0.2, -0.15) is 0 Å². The SMILES string of the molecule is CC1CCCC(NC(C)CC2CCCCN2)C1. The lowest BCUT2D eigenvalue weighted by Gasteiger charge is -2.32. The normalized spacial score (nSPS) is 36.7. The van der Waals surface area contributed by atoms with E-state index in [9.17, 15) is 0 Å². The van der Waals surface area contributed by atoms with Crippen molar-refractivity contribution in [3.8, 4) is 0 Å². The second kappa shape index (κ2) is 6.75. The van der Waals surface area contributed by atoms with Crippen LogP contribution in [0.3, 0.4) is 0 Å². The smallest absolute Gasteiger partial charge is 0.00817 e. The van der Waals surface area contributed by atoms with Gasteiger partial charge >= 0.3 is 0 Å². The van der Waals surface area contributed by atoms with Gasteiger partial charge in [-0.15, -0.1) is 0 Å². The van der Waals surface area contributed by atoms with Crippen LogP contribution < -0.4 is 10.6 Å². The number of hydrogen-bond donors (Lipinski definition) is 2. The number of rotatable bonds is 4. The van der Waals surface area contributed by atoms with Crippen molar-refractivity contribution in [3.05, 3.63) is 0 Å². The molecule has 0 aromatic carbocycles. The van der Waals surface area contributed by atoms with E-state index in [1.165, 1.54) is 57.9 Å². The van der Waals surface area contributed by atoms with Crippen LogP contribution in [0.5, 0.6) is 0 Å². The molecule has 2 heteroatoms. The van der Waals surface area contributed by atoms with Crippen LogP contribution in [0.4, 0.5) is 0 Å². The summed E-state index contributed by atoms with van der Waals surface area (Å²) in [6.45, 7) is 6.01. The van der Waals surface area contributed by atoms with Crippen molar-refractivity contribution in [2.45, 2.75) is 83.3 Å². The van der Waals surface area contributed by atoms with Gasteiger partial charge in [-0.05, 0) is 51.5 Å². The fraction of sp³-hybridized carbons (Fsp3) is 1.00. The van der Waals surface area contributed by atoms with Gasteiger partial charge in [-0.25, -0.2) is 0 Å². The fourth-order valence-corrected chi connectivity index (χ4v) is 3.61. The van der Waals surface area contributed by atoms with Crippen LogP contribution in [-0.2, 0) is 0 Å². The lowest BCUT2D eigenvalue weighted by Crippen LogP contribution is -2.44. The Kier molecular flexibility index (Phi) is 5.30. The quantitative estimate of drug-likeness (QED) is 0.786. The first-order valence-electron chi connectivity index (χ1n) is 7.73. The summed E-state index contributed by atoms with van der Waals surface area (Å²) in [6.07, 6.45) is 11.1. The summed E-state index contributed by atoms with van der Waals surface area (Å²) in [6, 6.07) is 2.24. The van der Waals surface area contributed by atoms with Crippen molar-refractivity contribution in [1.29, 1.82) is 0 Å². The lowest BCUT2D eigenvalue weighted by molar-refractivity contribution is 0.264. The Hall–Kier alpha value is -0.0800. The van der Waals surface area contributed by atoms with Crippen molar-refractivity contribution in [2.75, 3.05) is 6.54 Å². The third-order valence-corrected chi connectivity index (χ3v) is 4.51. The molecular weight excluding hydrogens is 208 g/mol. The Morgan fingerprint density at radius 2 is 2.06 bits per heavy atom. The Bertz CT molecular complexity index is 211. The Morgan fingerprint density at radius 1 is 1.18 bits per heavy atom. The first-order valence-corrected chi connectivity index (χ1v) is 7.73. The van der Waals surface area contributed by atoms with Crippen molar-refractivity contribution in [1.82, 2.24) is 10.6 Å². The molecule has 2 nitrogen and oxygen atoms in total. The maximum Gasteiger partial charge on any atom is 0.00817 e. The molecule has 0 spiro atoms. The van der Waals surface area contributed by atoms with Crippen molar-refractivity contribution >= 4 is 0 Å². The maximum atomic E-state index is 3.86. The van der Waals surface area contributed by atoms with Crippen LogP contribution in [0.1, 0.15) is 65.2 Å². The molecule has 0 radical (unpaired) electrons. The van der Waals surface area contributed by atoms with Crippen LogP contribution in [0.2, 0.25) is 0 Å². The average Bonchev–Trinajstić information content (AvgIpc) is 2.30. The van der Waals surface area contributed by atoms with Crippen molar-refractivity contribution in [2.24, 2.45) is 5.92 Å². The lowest BCUT2D eigenvalue weighted by atomic mass is 9.86.